The smallest absolute Gasteiger partial charge is 0.273 e. The van der Waals surface area contributed by atoms with E-state index in [0.717, 1.165) is 10.4 Å². The first-order chi connectivity index (χ1) is 10.8. The number of rotatable bonds is 5. The summed E-state index contributed by atoms with van der Waals surface area (Å²) in [7, 11) is 0. The molecule has 5 heteroatoms. The van der Waals surface area contributed by atoms with E-state index in [1.54, 1.807) is 12.3 Å². The molecule has 0 bridgehead atoms. The van der Waals surface area contributed by atoms with Crippen molar-refractivity contribution in [2.24, 2.45) is 5.92 Å². The van der Waals surface area contributed by atoms with Crippen LogP contribution in [0.5, 0.6) is 0 Å². The van der Waals surface area contributed by atoms with Crippen molar-refractivity contribution in [3.05, 3.63) is 42.1 Å². The minimum Gasteiger partial charge on any atom is -0.273 e. The van der Waals surface area contributed by atoms with E-state index in [0.29, 0.717) is 18.1 Å². The second-order valence-corrected chi connectivity index (χ2v) is 6.54. The summed E-state index contributed by atoms with van der Waals surface area (Å²) in [5.41, 5.74) is 4.18. The first-order valence-corrected chi connectivity index (χ1v) is 8.53. The standard InChI is InChI=1S/C17H20N2O2S/c20-17(19-21-12-13-5-2-1-3-6-13)15-8-4-7-14(11-15)16-9-10-18-22-16/h4,7-11,13H,1-3,5-6,12H2,(H,19,20). The number of hydrogen-bond acceptors (Lipinski definition) is 4. The zero-order chi connectivity index (χ0) is 15.2. The fourth-order valence-electron chi connectivity index (χ4n) is 2.82. The van der Waals surface area contributed by atoms with Gasteiger partial charge in [-0.2, -0.15) is 0 Å². The van der Waals surface area contributed by atoms with Gasteiger partial charge in [-0.05, 0) is 54.1 Å². The summed E-state index contributed by atoms with van der Waals surface area (Å²) in [6, 6.07) is 9.47. The Morgan fingerprint density at radius 1 is 1.27 bits per heavy atom. The molecule has 3 rings (SSSR count). The Balaban J connectivity index is 1.54. The minimum absolute atomic E-state index is 0.192. The van der Waals surface area contributed by atoms with Crippen LogP contribution in [-0.2, 0) is 4.84 Å². The number of aromatic nitrogens is 1. The molecule has 0 aliphatic heterocycles. The Bertz CT molecular complexity index is 607. The van der Waals surface area contributed by atoms with Crippen molar-refractivity contribution in [2.45, 2.75) is 32.1 Å². The van der Waals surface area contributed by atoms with Gasteiger partial charge in [0.05, 0.1) is 11.5 Å². The molecule has 2 aromatic rings. The second-order valence-electron chi connectivity index (χ2n) is 5.70. The van der Waals surface area contributed by atoms with Crippen molar-refractivity contribution in [2.75, 3.05) is 6.61 Å². The molecule has 22 heavy (non-hydrogen) atoms. The van der Waals surface area contributed by atoms with Crippen LogP contribution in [0.1, 0.15) is 42.5 Å². The Kier molecular flexibility index (Phi) is 5.19. The molecule has 0 unspecified atom stereocenters. The third-order valence-corrected chi connectivity index (χ3v) is 4.85. The van der Waals surface area contributed by atoms with E-state index in [-0.39, 0.29) is 5.91 Å². The Morgan fingerprint density at radius 3 is 2.91 bits per heavy atom. The highest BCUT2D eigenvalue weighted by atomic mass is 32.1. The van der Waals surface area contributed by atoms with Crippen LogP contribution in [0.2, 0.25) is 0 Å². The molecule has 0 saturated heterocycles. The molecular weight excluding hydrogens is 296 g/mol. The van der Waals surface area contributed by atoms with Crippen LogP contribution in [0, 0.1) is 5.92 Å². The molecule has 1 amide bonds. The maximum Gasteiger partial charge on any atom is 0.274 e. The van der Waals surface area contributed by atoms with Gasteiger partial charge in [-0.3, -0.25) is 9.63 Å². The highest BCUT2D eigenvalue weighted by molar-refractivity contribution is 7.09. The third-order valence-electron chi connectivity index (χ3n) is 4.06. The number of amides is 1. The van der Waals surface area contributed by atoms with E-state index in [1.807, 2.05) is 24.3 Å². The van der Waals surface area contributed by atoms with E-state index in [2.05, 4.69) is 9.85 Å². The Hall–Kier alpha value is -1.72. The van der Waals surface area contributed by atoms with Crippen LogP contribution in [0.4, 0.5) is 0 Å². The summed E-state index contributed by atoms with van der Waals surface area (Å²) in [5.74, 6) is 0.389. The summed E-state index contributed by atoms with van der Waals surface area (Å²) in [6.07, 6.45) is 8.05. The Labute approximate surface area is 134 Å². The number of nitrogens with one attached hydrogen (secondary N) is 1. The zero-order valence-corrected chi connectivity index (χ0v) is 13.3. The lowest BCUT2D eigenvalue weighted by atomic mass is 9.90. The monoisotopic (exact) mass is 316 g/mol. The predicted molar refractivity (Wildman–Crippen MR) is 87.5 cm³/mol. The largest absolute Gasteiger partial charge is 0.274 e. The van der Waals surface area contributed by atoms with Crippen LogP contribution < -0.4 is 5.48 Å². The van der Waals surface area contributed by atoms with Crippen LogP contribution in [0.25, 0.3) is 10.4 Å². The van der Waals surface area contributed by atoms with Crippen molar-refractivity contribution in [1.29, 1.82) is 0 Å². The molecule has 1 aromatic heterocycles. The van der Waals surface area contributed by atoms with Gasteiger partial charge in [-0.25, -0.2) is 9.85 Å². The van der Waals surface area contributed by atoms with Gasteiger partial charge in [-0.1, -0.05) is 31.4 Å². The maximum absolute atomic E-state index is 12.2. The van der Waals surface area contributed by atoms with Gasteiger partial charge < -0.3 is 0 Å². The highest BCUT2D eigenvalue weighted by Gasteiger charge is 2.14. The quantitative estimate of drug-likeness (QED) is 0.847. The third kappa shape index (κ3) is 3.93. The SMILES string of the molecule is O=C(NOCC1CCCCC1)c1cccc(-c2ccns2)c1. The normalized spacial score (nSPS) is 15.6. The lowest BCUT2D eigenvalue weighted by molar-refractivity contribution is 0.0106. The lowest BCUT2D eigenvalue weighted by Crippen LogP contribution is -2.27. The van der Waals surface area contributed by atoms with Crippen LogP contribution in [-0.4, -0.2) is 16.9 Å². The van der Waals surface area contributed by atoms with Gasteiger partial charge in [-0.15, -0.1) is 0 Å². The summed E-state index contributed by atoms with van der Waals surface area (Å²) in [4.78, 5) is 18.6. The number of hydrogen-bond donors (Lipinski definition) is 1. The number of carbonyl (C=O) groups is 1. The van der Waals surface area contributed by atoms with E-state index >= 15 is 0 Å². The molecule has 1 aliphatic carbocycles. The second kappa shape index (κ2) is 7.51. The first kappa shape index (κ1) is 15.2. The summed E-state index contributed by atoms with van der Waals surface area (Å²) in [5, 5.41) is 0. The molecule has 116 valence electrons. The molecule has 1 aliphatic rings. The van der Waals surface area contributed by atoms with E-state index < -0.39 is 0 Å². The number of hydroxylamine groups is 1. The van der Waals surface area contributed by atoms with Crippen LogP contribution in [0.3, 0.4) is 0 Å². The van der Waals surface area contributed by atoms with E-state index in [9.17, 15) is 4.79 Å². The average Bonchev–Trinajstić information content (AvgIpc) is 3.10. The molecule has 4 nitrogen and oxygen atoms in total. The number of nitrogens with zero attached hydrogens (tertiary/aromatic N) is 1. The topological polar surface area (TPSA) is 51.2 Å². The van der Waals surface area contributed by atoms with Gasteiger partial charge in [0.1, 0.15) is 0 Å². The average molecular weight is 316 g/mol. The molecule has 1 saturated carbocycles. The minimum atomic E-state index is -0.192. The molecular formula is C17H20N2O2S. The Morgan fingerprint density at radius 2 is 2.14 bits per heavy atom. The molecule has 0 atom stereocenters. The van der Waals surface area contributed by atoms with E-state index in [4.69, 9.17) is 4.84 Å². The number of benzene rings is 1. The van der Waals surface area contributed by atoms with Gasteiger partial charge in [0, 0.05) is 11.8 Å². The van der Waals surface area contributed by atoms with Gasteiger partial charge in [0.25, 0.3) is 5.91 Å². The van der Waals surface area contributed by atoms with Crippen molar-refractivity contribution in [3.63, 3.8) is 0 Å². The van der Waals surface area contributed by atoms with Gasteiger partial charge >= 0.3 is 0 Å². The summed E-state index contributed by atoms with van der Waals surface area (Å²) < 4.78 is 4.09. The molecule has 1 heterocycles. The molecule has 0 spiro atoms. The van der Waals surface area contributed by atoms with Gasteiger partial charge in [0.2, 0.25) is 0 Å². The molecule has 1 aromatic carbocycles. The molecule has 1 N–H and O–H groups in total. The molecule has 1 fully saturated rings. The predicted octanol–water partition coefficient (Wildman–Crippen LogP) is 4.05. The van der Waals surface area contributed by atoms with E-state index in [1.165, 1.54) is 43.6 Å². The highest BCUT2D eigenvalue weighted by Crippen LogP contribution is 2.24. The summed E-state index contributed by atoms with van der Waals surface area (Å²) >= 11 is 1.42. The summed E-state index contributed by atoms with van der Waals surface area (Å²) in [6.45, 7) is 0.611. The van der Waals surface area contributed by atoms with Crippen molar-refractivity contribution >= 4 is 17.4 Å². The van der Waals surface area contributed by atoms with Gasteiger partial charge in [0.15, 0.2) is 0 Å². The fourth-order valence-corrected chi connectivity index (χ4v) is 3.41. The number of carbonyl (C=O) groups excluding carboxylic acids is 1. The first-order valence-electron chi connectivity index (χ1n) is 7.76. The fraction of sp³-hybridized carbons (Fsp3) is 0.412. The molecule has 0 radical (unpaired) electrons. The zero-order valence-electron chi connectivity index (χ0n) is 12.5. The maximum atomic E-state index is 12.2. The van der Waals surface area contributed by atoms with Crippen molar-refractivity contribution in [1.82, 2.24) is 9.85 Å². The van der Waals surface area contributed by atoms with Crippen molar-refractivity contribution < 1.29 is 9.63 Å². The lowest BCUT2D eigenvalue weighted by Gasteiger charge is -2.20. The van der Waals surface area contributed by atoms with Crippen LogP contribution in [0.15, 0.2) is 36.5 Å². The van der Waals surface area contributed by atoms with Crippen molar-refractivity contribution in [3.8, 4) is 10.4 Å². The van der Waals surface area contributed by atoms with Crippen LogP contribution >= 0.6 is 11.5 Å².